The van der Waals surface area contributed by atoms with Crippen molar-refractivity contribution in [1.82, 2.24) is 14.7 Å². The van der Waals surface area contributed by atoms with Gasteiger partial charge in [0.25, 0.3) is 0 Å². The minimum absolute atomic E-state index is 0.293. The molecule has 1 aromatic heterocycles. The number of hydrogen-bond acceptors (Lipinski definition) is 5. The molecule has 1 saturated carbocycles. The Morgan fingerprint density at radius 1 is 1.00 bits per heavy atom. The van der Waals surface area contributed by atoms with Gasteiger partial charge < -0.3 is 14.6 Å². The molecule has 1 fully saturated rings. The highest BCUT2D eigenvalue weighted by Crippen LogP contribution is 2.36. The van der Waals surface area contributed by atoms with Crippen LogP contribution in [0.25, 0.3) is 11.3 Å². The molecular weight excluding hydrogens is 474 g/mol. The van der Waals surface area contributed by atoms with Gasteiger partial charge in [0.15, 0.2) is 0 Å². The molecule has 6 nitrogen and oxygen atoms in total. The van der Waals surface area contributed by atoms with Crippen LogP contribution in [0.2, 0.25) is 0 Å². The second-order valence-electron chi connectivity index (χ2n) is 10.3. The van der Waals surface area contributed by atoms with Crippen molar-refractivity contribution in [2.24, 2.45) is 13.0 Å². The monoisotopic (exact) mass is 511 g/mol. The van der Waals surface area contributed by atoms with E-state index in [9.17, 15) is 5.11 Å². The van der Waals surface area contributed by atoms with Crippen LogP contribution in [0.1, 0.15) is 29.5 Å². The topological polar surface area (TPSA) is 59.8 Å². The molecule has 0 amide bonds. The summed E-state index contributed by atoms with van der Waals surface area (Å²) in [5.41, 5.74) is 5.23. The predicted molar refractivity (Wildman–Crippen MR) is 150 cm³/mol. The van der Waals surface area contributed by atoms with Crippen LogP contribution in [0.5, 0.6) is 11.6 Å². The summed E-state index contributed by atoms with van der Waals surface area (Å²) >= 11 is 0. The van der Waals surface area contributed by atoms with E-state index < -0.39 is 6.10 Å². The van der Waals surface area contributed by atoms with Crippen LogP contribution in [0, 0.1) is 12.8 Å². The Morgan fingerprint density at radius 2 is 1.74 bits per heavy atom. The van der Waals surface area contributed by atoms with E-state index >= 15 is 0 Å². The fraction of sp³-hybridized carbons (Fsp3) is 0.344. The molecule has 1 aliphatic rings. The van der Waals surface area contributed by atoms with E-state index in [1.807, 2.05) is 78.5 Å². The fourth-order valence-corrected chi connectivity index (χ4v) is 4.77. The quantitative estimate of drug-likeness (QED) is 0.239. The van der Waals surface area contributed by atoms with E-state index in [2.05, 4.69) is 30.0 Å². The molecule has 5 rings (SSSR count). The number of nitrogens with zero attached hydrogens (tertiary/aromatic N) is 3. The molecule has 1 aliphatic carbocycles. The van der Waals surface area contributed by atoms with Crippen molar-refractivity contribution < 1.29 is 14.6 Å². The molecule has 0 unspecified atom stereocenters. The predicted octanol–water partition coefficient (Wildman–Crippen LogP) is 5.98. The van der Waals surface area contributed by atoms with Gasteiger partial charge in [-0.25, -0.2) is 4.68 Å². The molecule has 0 saturated heterocycles. The maximum atomic E-state index is 10.9. The lowest BCUT2D eigenvalue weighted by atomic mass is 10.1. The number of aryl methyl sites for hydroxylation is 2. The van der Waals surface area contributed by atoms with Crippen LogP contribution < -0.4 is 4.74 Å². The zero-order valence-electron chi connectivity index (χ0n) is 22.3. The lowest BCUT2D eigenvalue weighted by Crippen LogP contribution is -2.36. The van der Waals surface area contributed by atoms with Crippen LogP contribution >= 0.6 is 0 Å². The minimum Gasteiger partial charge on any atom is -0.439 e. The number of rotatable bonds is 13. The number of hydrogen-bond donors (Lipinski definition) is 1. The van der Waals surface area contributed by atoms with Crippen molar-refractivity contribution in [1.29, 1.82) is 0 Å². The first kappa shape index (κ1) is 26.2. The highest BCUT2D eigenvalue weighted by Gasteiger charge is 2.28. The highest BCUT2D eigenvalue weighted by atomic mass is 16.5. The Balaban J connectivity index is 1.36. The first-order chi connectivity index (χ1) is 18.5. The summed E-state index contributed by atoms with van der Waals surface area (Å²) in [5.74, 6) is 2.19. The average molecular weight is 512 g/mol. The summed E-state index contributed by atoms with van der Waals surface area (Å²) in [6, 6.07) is 28.4. The summed E-state index contributed by atoms with van der Waals surface area (Å²) in [7, 11) is 1.93. The van der Waals surface area contributed by atoms with Gasteiger partial charge in [-0.2, -0.15) is 5.10 Å². The number of ether oxygens (including phenoxy) is 2. The number of aromatic nitrogens is 2. The van der Waals surface area contributed by atoms with Crippen molar-refractivity contribution in [2.45, 2.75) is 39.0 Å². The van der Waals surface area contributed by atoms with E-state index in [4.69, 9.17) is 14.6 Å². The molecule has 0 bridgehead atoms. The van der Waals surface area contributed by atoms with Gasteiger partial charge in [0.2, 0.25) is 5.88 Å². The molecule has 0 spiro atoms. The van der Waals surface area contributed by atoms with Crippen molar-refractivity contribution >= 4 is 0 Å². The molecule has 6 heteroatoms. The molecule has 38 heavy (non-hydrogen) atoms. The van der Waals surface area contributed by atoms with E-state index in [0.717, 1.165) is 46.1 Å². The second kappa shape index (κ2) is 12.4. The lowest BCUT2D eigenvalue weighted by Gasteiger charge is -2.25. The first-order valence-corrected chi connectivity index (χ1v) is 13.4. The van der Waals surface area contributed by atoms with Gasteiger partial charge in [-0.1, -0.05) is 72.8 Å². The molecule has 1 heterocycles. The van der Waals surface area contributed by atoms with Crippen LogP contribution in [0.15, 0.2) is 84.9 Å². The number of aliphatic hydroxyl groups excluding tert-OH is 1. The van der Waals surface area contributed by atoms with Crippen molar-refractivity contribution in [2.75, 3.05) is 19.7 Å². The van der Waals surface area contributed by atoms with E-state index in [0.29, 0.717) is 32.2 Å². The zero-order valence-corrected chi connectivity index (χ0v) is 22.3. The molecule has 4 aromatic rings. The van der Waals surface area contributed by atoms with Crippen molar-refractivity contribution in [3.63, 3.8) is 0 Å². The Bertz CT molecular complexity index is 1300. The van der Waals surface area contributed by atoms with Crippen LogP contribution in [0.4, 0.5) is 0 Å². The van der Waals surface area contributed by atoms with Gasteiger partial charge in [0.1, 0.15) is 11.4 Å². The normalized spacial score (nSPS) is 14.1. The summed E-state index contributed by atoms with van der Waals surface area (Å²) < 4.78 is 14.1. The lowest BCUT2D eigenvalue weighted by molar-refractivity contribution is 0.00774. The third kappa shape index (κ3) is 7.10. The van der Waals surface area contributed by atoms with Gasteiger partial charge in [0, 0.05) is 32.2 Å². The molecule has 0 radical (unpaired) electrons. The Kier molecular flexibility index (Phi) is 8.54. The Hall–Kier alpha value is -3.45. The average Bonchev–Trinajstić information content (AvgIpc) is 3.69. The van der Waals surface area contributed by atoms with E-state index in [1.54, 1.807) is 0 Å². The standard InChI is InChI=1S/C32H37N3O3/c1-24-10-9-15-29(18-24)38-32-30(31(33-34(32)2)27-13-7-4-8-14-27)21-35(19-25-16-17-25)20-28(36)23-37-22-26-11-5-3-6-12-26/h3-15,18,25,28,36H,16-17,19-23H2,1-2H3/t28-/m1/s1. The van der Waals surface area contributed by atoms with Gasteiger partial charge >= 0.3 is 0 Å². The molecule has 0 aliphatic heterocycles. The summed E-state index contributed by atoms with van der Waals surface area (Å²) in [4.78, 5) is 2.33. The zero-order chi connectivity index (χ0) is 26.3. The second-order valence-corrected chi connectivity index (χ2v) is 10.3. The molecular formula is C32H37N3O3. The van der Waals surface area contributed by atoms with Gasteiger partial charge in [-0.05, 0) is 48.9 Å². The summed E-state index contributed by atoms with van der Waals surface area (Å²) in [6.45, 7) is 4.94. The molecule has 1 atom stereocenters. The maximum absolute atomic E-state index is 10.9. The van der Waals surface area contributed by atoms with Gasteiger partial charge in [-0.3, -0.25) is 4.90 Å². The van der Waals surface area contributed by atoms with Crippen LogP contribution in [0.3, 0.4) is 0 Å². The molecule has 198 valence electrons. The van der Waals surface area contributed by atoms with Crippen LogP contribution in [-0.4, -0.2) is 45.6 Å². The Labute approximate surface area is 225 Å². The highest BCUT2D eigenvalue weighted by molar-refractivity contribution is 5.65. The SMILES string of the molecule is Cc1cccc(Oc2c(CN(CC3CC3)C[C@@H](O)COCc3ccccc3)c(-c3ccccc3)nn2C)c1. The van der Waals surface area contributed by atoms with E-state index in [1.165, 1.54) is 12.8 Å². The summed E-state index contributed by atoms with van der Waals surface area (Å²) in [6.07, 6.45) is 1.89. The number of benzene rings is 3. The van der Waals surface area contributed by atoms with Crippen LogP contribution in [-0.2, 0) is 24.9 Å². The van der Waals surface area contributed by atoms with Crippen molar-refractivity contribution in [3.05, 3.63) is 102 Å². The first-order valence-electron chi connectivity index (χ1n) is 13.4. The van der Waals surface area contributed by atoms with Gasteiger partial charge in [-0.15, -0.1) is 0 Å². The third-order valence-electron chi connectivity index (χ3n) is 6.82. The minimum atomic E-state index is -0.588. The smallest absolute Gasteiger partial charge is 0.222 e. The van der Waals surface area contributed by atoms with E-state index in [-0.39, 0.29) is 0 Å². The fourth-order valence-electron chi connectivity index (χ4n) is 4.77. The number of aliphatic hydroxyl groups is 1. The maximum Gasteiger partial charge on any atom is 0.222 e. The van der Waals surface area contributed by atoms with Gasteiger partial charge in [0.05, 0.1) is 24.9 Å². The van der Waals surface area contributed by atoms with Crippen molar-refractivity contribution in [3.8, 4) is 22.9 Å². The Morgan fingerprint density at radius 3 is 2.45 bits per heavy atom. The molecule has 3 aromatic carbocycles. The largest absolute Gasteiger partial charge is 0.439 e. The third-order valence-corrected chi connectivity index (χ3v) is 6.82. The summed E-state index contributed by atoms with van der Waals surface area (Å²) in [5, 5.41) is 15.8. The molecule has 1 N–H and O–H groups in total.